The summed E-state index contributed by atoms with van der Waals surface area (Å²) < 4.78 is 38.9. The van der Waals surface area contributed by atoms with Crippen LogP contribution >= 0.6 is 23.2 Å². The van der Waals surface area contributed by atoms with E-state index in [1.165, 1.54) is 24.3 Å². The van der Waals surface area contributed by atoms with Crippen LogP contribution in [0.2, 0.25) is 10.0 Å². The topological polar surface area (TPSA) is 140 Å². The molecule has 3 aromatic rings. The molecule has 0 spiro atoms. The Morgan fingerprint density at radius 3 is 2.56 bits per heavy atom. The van der Waals surface area contributed by atoms with Gasteiger partial charge in [-0.05, 0) is 49.4 Å². The fraction of sp³-hybridized carbons (Fsp3) is 0.500. The van der Waals surface area contributed by atoms with Crippen LogP contribution in [0.15, 0.2) is 48.7 Å². The van der Waals surface area contributed by atoms with Gasteiger partial charge < -0.3 is 31.9 Å². The Kier molecular flexibility index (Phi) is 10.7. The maximum Gasteiger partial charge on any atom is 0.243 e. The number of nitrogens with one attached hydrogen (secondary N) is 2. The maximum atomic E-state index is 15.8. The molecule has 1 aliphatic heterocycles. The van der Waals surface area contributed by atoms with E-state index in [0.717, 1.165) is 6.07 Å². The molecule has 2 heterocycles. The van der Waals surface area contributed by atoms with Crippen molar-refractivity contribution in [2.24, 2.45) is 16.9 Å². The highest BCUT2D eigenvalue weighted by Gasteiger charge is 2.58. The first-order valence-corrected chi connectivity index (χ1v) is 15.5. The Bertz CT molecular complexity index is 1510. The number of anilines is 1. The van der Waals surface area contributed by atoms with Crippen LogP contribution in [0.4, 0.5) is 14.6 Å². The van der Waals surface area contributed by atoms with Crippen molar-refractivity contribution in [3.63, 3.8) is 0 Å². The first kappa shape index (κ1) is 35.2. The van der Waals surface area contributed by atoms with E-state index in [0.29, 0.717) is 13.0 Å². The molecule has 5 atom stereocenters. The molecular weight excluding hydrogens is 625 g/mol. The third-order valence-electron chi connectivity index (χ3n) is 7.99. The maximum absolute atomic E-state index is 15.8. The number of benzene rings is 2. The molecule has 9 nitrogen and oxygen atoms in total. The van der Waals surface area contributed by atoms with E-state index in [2.05, 4.69) is 15.7 Å². The third kappa shape index (κ3) is 8.02. The number of carbonyl (C=O) groups is 1. The molecule has 0 radical (unpaired) electrons. The number of nitrogens with two attached hydrogens (primary N) is 2. The first-order valence-electron chi connectivity index (χ1n) is 14.8. The summed E-state index contributed by atoms with van der Waals surface area (Å²) in [4.78, 5) is 14.1. The minimum Gasteiger partial charge on any atom is -0.389 e. The summed E-state index contributed by atoms with van der Waals surface area (Å²) in [6, 6.07) is 8.52. The number of rotatable bonds is 11. The van der Waals surface area contributed by atoms with Gasteiger partial charge in [-0.1, -0.05) is 62.2 Å². The molecule has 1 aromatic heterocycles. The highest BCUT2D eigenvalue weighted by atomic mass is 35.5. The van der Waals surface area contributed by atoms with E-state index in [9.17, 15) is 9.90 Å². The number of aromatic nitrogens is 2. The fourth-order valence-electron chi connectivity index (χ4n) is 5.95. The van der Waals surface area contributed by atoms with Crippen molar-refractivity contribution in [1.29, 1.82) is 0 Å². The molecule has 1 aliphatic rings. The van der Waals surface area contributed by atoms with Gasteiger partial charge in [0.2, 0.25) is 5.91 Å². The highest BCUT2D eigenvalue weighted by Crippen LogP contribution is 2.50. The van der Waals surface area contributed by atoms with Crippen LogP contribution in [0.3, 0.4) is 0 Å². The van der Waals surface area contributed by atoms with Crippen molar-refractivity contribution in [1.82, 2.24) is 15.1 Å². The van der Waals surface area contributed by atoms with E-state index in [1.54, 1.807) is 23.0 Å². The lowest BCUT2D eigenvalue weighted by Gasteiger charge is -2.40. The second-order valence-corrected chi connectivity index (χ2v) is 14.3. The van der Waals surface area contributed by atoms with Gasteiger partial charge in [0.05, 0.1) is 41.5 Å². The van der Waals surface area contributed by atoms with Crippen LogP contribution in [-0.4, -0.2) is 57.7 Å². The van der Waals surface area contributed by atoms with Crippen LogP contribution in [0.1, 0.15) is 58.1 Å². The van der Waals surface area contributed by atoms with Crippen LogP contribution in [-0.2, 0) is 21.6 Å². The molecule has 1 saturated heterocycles. The minimum atomic E-state index is -1.59. The zero-order chi connectivity index (χ0) is 33.3. The summed E-state index contributed by atoms with van der Waals surface area (Å²) in [5, 5.41) is 20.4. The Morgan fingerprint density at radius 2 is 1.91 bits per heavy atom. The number of nitrogens with zero attached hydrogens (tertiary/aromatic N) is 2. The van der Waals surface area contributed by atoms with Gasteiger partial charge in [0.1, 0.15) is 11.6 Å². The van der Waals surface area contributed by atoms with Crippen molar-refractivity contribution in [3.8, 4) is 0 Å². The number of carbonyl (C=O) groups excluding carboxylic acids is 1. The Hall–Kier alpha value is -2.64. The average molecular weight is 668 g/mol. The van der Waals surface area contributed by atoms with Crippen molar-refractivity contribution in [3.05, 3.63) is 81.5 Å². The normalized spacial score (nSPS) is 22.9. The van der Waals surface area contributed by atoms with Crippen LogP contribution in [0.5, 0.6) is 0 Å². The summed E-state index contributed by atoms with van der Waals surface area (Å²) in [5.41, 5.74) is 10.3. The van der Waals surface area contributed by atoms with E-state index in [1.807, 2.05) is 34.6 Å². The van der Waals surface area contributed by atoms with Crippen LogP contribution in [0.25, 0.3) is 0 Å². The van der Waals surface area contributed by atoms with Gasteiger partial charge in [-0.15, -0.1) is 0 Å². The Labute approximate surface area is 272 Å². The standard InChI is InChI=1S/C32H42Cl2F2N6O3/c1-30(2,3)14-24-32(38,21-10-9-18(33)13-23(21)35)26(20-7-6-8-22(34)27(20)36)28(39-24)29(44)40-25-11-12-42(41-25)17-31(4,5)45-16-19(43)15-37/h6-13,19,24,26,28,39,43H,14-17,37-38H2,1-5H3,(H,40,41,44)/t19-,24+,26+,28-,32-/m1/s1. The lowest BCUT2D eigenvalue weighted by atomic mass is 9.68. The molecule has 0 aliphatic carbocycles. The summed E-state index contributed by atoms with van der Waals surface area (Å²) in [6.07, 6.45) is 1.32. The first-order chi connectivity index (χ1) is 20.9. The lowest BCUT2D eigenvalue weighted by Crippen LogP contribution is -2.52. The summed E-state index contributed by atoms with van der Waals surface area (Å²) >= 11 is 12.3. The molecule has 0 saturated carbocycles. The van der Waals surface area contributed by atoms with E-state index in [4.69, 9.17) is 39.4 Å². The lowest BCUT2D eigenvalue weighted by molar-refractivity contribution is -0.118. The fourth-order valence-corrected chi connectivity index (χ4v) is 6.29. The van der Waals surface area contributed by atoms with Gasteiger partial charge >= 0.3 is 0 Å². The predicted octanol–water partition coefficient (Wildman–Crippen LogP) is 4.94. The van der Waals surface area contributed by atoms with Gasteiger partial charge in [-0.2, -0.15) is 5.10 Å². The molecule has 246 valence electrons. The van der Waals surface area contributed by atoms with Crippen molar-refractivity contribution < 1.29 is 23.4 Å². The quantitative estimate of drug-likeness (QED) is 0.195. The van der Waals surface area contributed by atoms with Gasteiger partial charge in [-0.25, -0.2) is 8.78 Å². The largest absolute Gasteiger partial charge is 0.389 e. The summed E-state index contributed by atoms with van der Waals surface area (Å²) in [7, 11) is 0. The number of ether oxygens (including phenoxy) is 1. The monoisotopic (exact) mass is 666 g/mol. The van der Waals surface area contributed by atoms with E-state index in [-0.39, 0.29) is 45.6 Å². The zero-order valence-electron chi connectivity index (χ0n) is 26.1. The number of amides is 1. The number of aliphatic hydroxyl groups excluding tert-OH is 1. The molecule has 13 heteroatoms. The predicted molar refractivity (Wildman–Crippen MR) is 172 cm³/mol. The zero-order valence-corrected chi connectivity index (χ0v) is 27.6. The second-order valence-electron chi connectivity index (χ2n) is 13.5. The van der Waals surface area contributed by atoms with Crippen LogP contribution in [0, 0.1) is 17.0 Å². The number of hydrogen-bond donors (Lipinski definition) is 5. The molecule has 45 heavy (non-hydrogen) atoms. The van der Waals surface area contributed by atoms with E-state index < -0.39 is 52.8 Å². The minimum absolute atomic E-state index is 0.0634. The SMILES string of the molecule is CC(C)(C)C[C@@H]1N[C@@H](C(=O)Nc2ccn(CC(C)(C)OC[C@H](O)CN)n2)[C@H](c2cccc(Cl)c2F)[C@@]1(N)c1ccc(Cl)cc1F. The van der Waals surface area contributed by atoms with Gasteiger partial charge in [-0.3, -0.25) is 9.48 Å². The highest BCUT2D eigenvalue weighted by molar-refractivity contribution is 6.31. The van der Waals surface area contributed by atoms with Gasteiger partial charge in [0, 0.05) is 41.4 Å². The molecule has 0 bridgehead atoms. The van der Waals surface area contributed by atoms with Gasteiger partial charge in [0.25, 0.3) is 0 Å². The number of hydrogen-bond acceptors (Lipinski definition) is 7. The smallest absolute Gasteiger partial charge is 0.243 e. The summed E-state index contributed by atoms with van der Waals surface area (Å²) in [6.45, 7) is 10.2. The van der Waals surface area contributed by atoms with Gasteiger partial charge in [0.15, 0.2) is 5.82 Å². The molecule has 0 unspecified atom stereocenters. The number of aliphatic hydroxyl groups is 1. The molecule has 7 N–H and O–H groups in total. The van der Waals surface area contributed by atoms with Crippen molar-refractivity contribution in [2.45, 2.75) is 82.8 Å². The average Bonchev–Trinajstić information content (AvgIpc) is 3.49. The Morgan fingerprint density at radius 1 is 1.20 bits per heavy atom. The molecule has 1 fully saturated rings. The molecular formula is C32H42Cl2F2N6O3. The van der Waals surface area contributed by atoms with Crippen LogP contribution < -0.4 is 22.1 Å². The number of halogens is 4. The van der Waals surface area contributed by atoms with Crippen molar-refractivity contribution >= 4 is 34.9 Å². The second kappa shape index (κ2) is 13.6. The third-order valence-corrected chi connectivity index (χ3v) is 8.52. The molecule has 1 amide bonds. The molecule has 2 aromatic carbocycles. The van der Waals surface area contributed by atoms with Crippen molar-refractivity contribution in [2.75, 3.05) is 18.5 Å². The molecule has 4 rings (SSSR count). The van der Waals surface area contributed by atoms with E-state index >= 15 is 8.78 Å². The Balaban J connectivity index is 1.72. The summed E-state index contributed by atoms with van der Waals surface area (Å²) in [5.74, 6) is -2.78.